The number of quaternary nitrogens is 1. The molecule has 0 heterocycles. The van der Waals surface area contributed by atoms with Gasteiger partial charge in [0.1, 0.15) is 12.1 Å². The summed E-state index contributed by atoms with van der Waals surface area (Å²) in [6.07, 6.45) is 11.7. The fourth-order valence-corrected chi connectivity index (χ4v) is 9.24. The number of allylic oxidation sites excluding steroid dienone is 4. The van der Waals surface area contributed by atoms with E-state index < -0.39 is 12.7 Å². The second-order valence-electron chi connectivity index (χ2n) is 12.3. The van der Waals surface area contributed by atoms with Crippen LogP contribution in [0, 0.1) is 34.5 Å². The molecule has 6 heteroatoms. The fraction of sp³-hybridized carbons (Fsp3) is 0.815. The Morgan fingerprint density at radius 1 is 1.12 bits per heavy atom. The maximum absolute atomic E-state index is 13.9. The zero-order valence-electron chi connectivity index (χ0n) is 21.7. The van der Waals surface area contributed by atoms with Crippen molar-refractivity contribution in [3.8, 4) is 0 Å². The highest BCUT2D eigenvalue weighted by molar-refractivity contribution is 7.44. The molecule has 2 fully saturated rings. The number of fused-ring (bicyclic) bond motifs is 5. The maximum atomic E-state index is 13.9. The lowest BCUT2D eigenvalue weighted by Crippen LogP contribution is -2.63. The summed E-state index contributed by atoms with van der Waals surface area (Å²) in [5.74, 6) is 1.69. The van der Waals surface area contributed by atoms with Crippen LogP contribution in [0.3, 0.4) is 0 Å². The van der Waals surface area contributed by atoms with Crippen LogP contribution in [0.25, 0.3) is 0 Å². The number of carbonyl (C=O) groups is 1. The number of hydroxylamine groups is 3. The van der Waals surface area contributed by atoms with E-state index in [1.54, 1.807) is 7.11 Å². The molecule has 0 aromatic carbocycles. The van der Waals surface area contributed by atoms with Gasteiger partial charge in [0, 0.05) is 12.4 Å². The van der Waals surface area contributed by atoms with Crippen molar-refractivity contribution in [3.05, 3.63) is 23.0 Å². The average molecular weight is 479 g/mol. The lowest BCUT2D eigenvalue weighted by atomic mass is 9.48. The third kappa shape index (κ3) is 3.68. The number of carbonyl (C=O) groups excluding carboxylic acids is 1. The second-order valence-corrected chi connectivity index (χ2v) is 13.9. The predicted molar refractivity (Wildman–Crippen MR) is 132 cm³/mol. The standard InChI is InChI=1S/C27H45NO4P/c1-17(2)28(30,18(3)4)25(29)24-11-10-22-21-9-8-19-16-20(33(31)32-7)12-14-26(19,5)23(21)13-15-27(22,24)6/h8,16-18,21-24,30,33H,9-15H2,1-7H3/q+1/t21-,22-,23-,24+,26-,27-/m0/s1. The third-order valence-electron chi connectivity index (χ3n) is 10.4. The number of hydrogen-bond acceptors (Lipinski definition) is 4. The summed E-state index contributed by atoms with van der Waals surface area (Å²) in [4.78, 5) is 13.9. The predicted octanol–water partition coefficient (Wildman–Crippen LogP) is 6.73. The van der Waals surface area contributed by atoms with Gasteiger partial charge in [-0.3, -0.25) is 4.57 Å². The average Bonchev–Trinajstić information content (AvgIpc) is 3.13. The van der Waals surface area contributed by atoms with Gasteiger partial charge in [-0.25, -0.2) is 10.0 Å². The zero-order chi connectivity index (χ0) is 24.3. The molecule has 1 unspecified atom stereocenters. The van der Waals surface area contributed by atoms with E-state index >= 15 is 0 Å². The molecule has 4 aliphatic carbocycles. The van der Waals surface area contributed by atoms with Gasteiger partial charge in [-0.1, -0.05) is 26.0 Å². The molecule has 0 aliphatic heterocycles. The summed E-state index contributed by atoms with van der Waals surface area (Å²) < 4.78 is 17.0. The van der Waals surface area contributed by atoms with Crippen molar-refractivity contribution in [2.45, 2.75) is 98.6 Å². The van der Waals surface area contributed by atoms with E-state index in [1.807, 2.05) is 27.7 Å². The third-order valence-corrected chi connectivity index (χ3v) is 11.7. The van der Waals surface area contributed by atoms with Crippen LogP contribution >= 0.6 is 8.03 Å². The van der Waals surface area contributed by atoms with Crippen LogP contribution in [0.2, 0.25) is 0 Å². The molecule has 0 aromatic heterocycles. The van der Waals surface area contributed by atoms with Crippen molar-refractivity contribution in [1.82, 2.24) is 0 Å². The Hall–Kier alpha value is -0.740. The minimum absolute atomic E-state index is 0.0349. The van der Waals surface area contributed by atoms with E-state index in [4.69, 9.17) is 4.52 Å². The summed E-state index contributed by atoms with van der Waals surface area (Å²) in [5, 5.41) is 12.4. The summed E-state index contributed by atoms with van der Waals surface area (Å²) in [5.41, 5.74) is 1.45. The molecule has 186 valence electrons. The molecule has 0 spiro atoms. The van der Waals surface area contributed by atoms with Crippen LogP contribution < -0.4 is 0 Å². The van der Waals surface area contributed by atoms with Crippen LogP contribution in [0.5, 0.6) is 0 Å². The molecule has 0 saturated heterocycles. The van der Waals surface area contributed by atoms with Crippen LogP contribution in [0.1, 0.15) is 86.5 Å². The Morgan fingerprint density at radius 3 is 2.39 bits per heavy atom. The SMILES string of the molecule is CO[PH](=O)C1=CC2=CC[C@H]3[C@@H]4CC[C@H](C(=O)[N+](O)(C(C)C)C(C)C)[C@@]4(C)CC[C@@H]3[C@@]2(C)CC1. The summed E-state index contributed by atoms with van der Waals surface area (Å²) >= 11 is 0. The molecular formula is C27H45NO4P+. The molecule has 2 saturated carbocycles. The lowest BCUT2D eigenvalue weighted by Gasteiger charge is -2.57. The summed E-state index contributed by atoms with van der Waals surface area (Å²) in [6.45, 7) is 12.6. The molecule has 5 nitrogen and oxygen atoms in total. The Bertz CT molecular complexity index is 885. The molecule has 4 aliphatic rings. The molecule has 0 radical (unpaired) electrons. The van der Waals surface area contributed by atoms with Crippen LogP contribution in [0.15, 0.2) is 23.0 Å². The van der Waals surface area contributed by atoms with E-state index in [-0.39, 0.29) is 34.7 Å². The first-order valence-electron chi connectivity index (χ1n) is 13.1. The Balaban J connectivity index is 1.63. The molecule has 4 rings (SSSR count). The highest BCUT2D eigenvalue weighted by Gasteiger charge is 2.63. The summed E-state index contributed by atoms with van der Waals surface area (Å²) in [7, 11) is -0.554. The van der Waals surface area contributed by atoms with E-state index in [9.17, 15) is 14.6 Å². The van der Waals surface area contributed by atoms with Crippen molar-refractivity contribution < 1.29 is 23.7 Å². The van der Waals surface area contributed by atoms with Crippen molar-refractivity contribution in [3.63, 3.8) is 0 Å². The van der Waals surface area contributed by atoms with Gasteiger partial charge in [0.05, 0.1) is 5.92 Å². The topological polar surface area (TPSA) is 63.6 Å². The molecule has 33 heavy (non-hydrogen) atoms. The van der Waals surface area contributed by atoms with Gasteiger partial charge in [0.2, 0.25) is 8.03 Å². The molecule has 1 N–H and O–H groups in total. The van der Waals surface area contributed by atoms with Gasteiger partial charge < -0.3 is 4.52 Å². The summed E-state index contributed by atoms with van der Waals surface area (Å²) in [6, 6.07) is -0.281. The Morgan fingerprint density at radius 2 is 1.79 bits per heavy atom. The first-order chi connectivity index (χ1) is 15.4. The minimum atomic E-state index is -2.10. The van der Waals surface area contributed by atoms with E-state index in [2.05, 4.69) is 26.0 Å². The van der Waals surface area contributed by atoms with Gasteiger partial charge in [0.25, 0.3) is 0 Å². The highest BCUT2D eigenvalue weighted by atomic mass is 31.1. The first-order valence-corrected chi connectivity index (χ1v) is 14.4. The fourth-order valence-electron chi connectivity index (χ4n) is 8.38. The highest BCUT2D eigenvalue weighted by Crippen LogP contribution is 2.67. The molecule has 0 aromatic rings. The largest absolute Gasteiger partial charge is 0.349 e. The number of hydrogen-bond donors (Lipinski definition) is 1. The van der Waals surface area contributed by atoms with Crippen molar-refractivity contribution in [2.75, 3.05) is 7.11 Å². The molecule has 1 amide bonds. The quantitative estimate of drug-likeness (QED) is 0.206. The van der Waals surface area contributed by atoms with Crippen LogP contribution in [0.4, 0.5) is 0 Å². The van der Waals surface area contributed by atoms with E-state index in [0.29, 0.717) is 17.8 Å². The number of nitrogens with zero attached hydrogens (tertiary/aromatic N) is 1. The number of amides is 1. The van der Waals surface area contributed by atoms with Gasteiger partial charge in [0.15, 0.2) is 0 Å². The maximum Gasteiger partial charge on any atom is 0.349 e. The monoisotopic (exact) mass is 478 g/mol. The molecule has 7 atom stereocenters. The van der Waals surface area contributed by atoms with E-state index in [1.165, 1.54) is 5.57 Å². The number of rotatable bonds is 5. The van der Waals surface area contributed by atoms with Crippen molar-refractivity contribution in [1.29, 1.82) is 0 Å². The lowest BCUT2D eigenvalue weighted by molar-refractivity contribution is -1.07. The first kappa shape index (κ1) is 25.4. The normalized spacial score (nSPS) is 39.5. The Kier molecular flexibility index (Phi) is 6.71. The Labute approximate surface area is 201 Å². The van der Waals surface area contributed by atoms with Gasteiger partial charge in [-0.2, -0.15) is 0 Å². The van der Waals surface area contributed by atoms with Gasteiger partial charge >= 0.3 is 5.91 Å². The van der Waals surface area contributed by atoms with Crippen molar-refractivity contribution in [2.24, 2.45) is 34.5 Å². The zero-order valence-corrected chi connectivity index (χ0v) is 22.7. The van der Waals surface area contributed by atoms with Gasteiger partial charge in [-0.15, -0.1) is 4.65 Å². The second kappa shape index (κ2) is 8.73. The van der Waals surface area contributed by atoms with Crippen LogP contribution in [-0.4, -0.2) is 35.0 Å². The smallest absolute Gasteiger partial charge is 0.331 e. The minimum Gasteiger partial charge on any atom is -0.331 e. The van der Waals surface area contributed by atoms with Crippen LogP contribution in [-0.2, 0) is 13.9 Å². The molecular weight excluding hydrogens is 433 g/mol. The van der Waals surface area contributed by atoms with Gasteiger partial charge in [-0.05, 0) is 107 Å². The van der Waals surface area contributed by atoms with Crippen molar-refractivity contribution >= 4 is 13.9 Å². The van der Waals surface area contributed by atoms with E-state index in [0.717, 1.165) is 50.3 Å². The molecule has 0 bridgehead atoms.